The van der Waals surface area contributed by atoms with E-state index in [0.717, 1.165) is 18.4 Å². The number of benzene rings is 1. The predicted octanol–water partition coefficient (Wildman–Crippen LogP) is 2.75. The zero-order valence-corrected chi connectivity index (χ0v) is 10.2. The van der Waals surface area contributed by atoms with Crippen LogP contribution in [0.25, 0.3) is 0 Å². The molecule has 1 unspecified atom stereocenters. The normalized spacial score (nSPS) is 30.9. The lowest BCUT2D eigenvalue weighted by Crippen LogP contribution is -2.46. The maximum absolute atomic E-state index is 10.4. The number of halogens is 1. The highest BCUT2D eigenvalue weighted by molar-refractivity contribution is 6.30. The first-order valence-corrected chi connectivity index (χ1v) is 6.09. The van der Waals surface area contributed by atoms with Gasteiger partial charge in [-0.05, 0) is 36.5 Å². The van der Waals surface area contributed by atoms with E-state index in [4.69, 9.17) is 17.3 Å². The first-order chi connectivity index (χ1) is 7.57. The summed E-state index contributed by atoms with van der Waals surface area (Å²) in [5, 5.41) is 11.1. The molecule has 1 aromatic rings. The summed E-state index contributed by atoms with van der Waals surface area (Å²) < 4.78 is 0. The monoisotopic (exact) mass is 239 g/mol. The average molecular weight is 240 g/mol. The van der Waals surface area contributed by atoms with Crippen molar-refractivity contribution in [1.82, 2.24) is 0 Å². The molecule has 3 N–H and O–H groups in total. The molecular formula is C13H18ClNO. The highest BCUT2D eigenvalue weighted by Crippen LogP contribution is 2.52. The topological polar surface area (TPSA) is 46.2 Å². The third-order valence-electron chi connectivity index (χ3n) is 3.66. The Kier molecular flexibility index (Phi) is 3.24. The van der Waals surface area contributed by atoms with Crippen LogP contribution in [0.15, 0.2) is 24.3 Å². The third kappa shape index (κ3) is 1.97. The smallest absolute Gasteiger partial charge is 0.0859 e. The van der Waals surface area contributed by atoms with Crippen LogP contribution in [0, 0.1) is 11.3 Å². The third-order valence-corrected chi connectivity index (χ3v) is 3.90. The van der Waals surface area contributed by atoms with Crippen molar-refractivity contribution >= 4 is 11.6 Å². The van der Waals surface area contributed by atoms with Gasteiger partial charge >= 0.3 is 0 Å². The lowest BCUT2D eigenvalue weighted by atomic mass is 9.58. The van der Waals surface area contributed by atoms with E-state index in [-0.39, 0.29) is 5.41 Å². The van der Waals surface area contributed by atoms with Crippen molar-refractivity contribution in [3.8, 4) is 0 Å². The first-order valence-electron chi connectivity index (χ1n) is 5.71. The number of nitrogens with two attached hydrogens (primary N) is 1. The quantitative estimate of drug-likeness (QED) is 0.852. The van der Waals surface area contributed by atoms with Crippen molar-refractivity contribution in [2.75, 3.05) is 6.54 Å². The van der Waals surface area contributed by atoms with Crippen molar-refractivity contribution in [2.45, 2.75) is 25.9 Å². The molecule has 0 bridgehead atoms. The SMILES string of the molecule is CC1CC(CN)(C(O)c2cccc(Cl)c2)C1. The Balaban J connectivity index is 2.21. The van der Waals surface area contributed by atoms with E-state index < -0.39 is 6.10 Å². The summed E-state index contributed by atoms with van der Waals surface area (Å²) in [4.78, 5) is 0. The molecule has 0 radical (unpaired) electrons. The van der Waals surface area contributed by atoms with Gasteiger partial charge in [-0.1, -0.05) is 30.7 Å². The fraction of sp³-hybridized carbons (Fsp3) is 0.538. The molecular weight excluding hydrogens is 222 g/mol. The van der Waals surface area contributed by atoms with Crippen molar-refractivity contribution in [3.63, 3.8) is 0 Å². The maximum Gasteiger partial charge on any atom is 0.0859 e. The van der Waals surface area contributed by atoms with Crippen LogP contribution in [-0.4, -0.2) is 11.7 Å². The Morgan fingerprint density at radius 3 is 2.75 bits per heavy atom. The second-order valence-electron chi connectivity index (χ2n) is 5.04. The Hall–Kier alpha value is -0.570. The second-order valence-corrected chi connectivity index (χ2v) is 5.47. The molecule has 2 nitrogen and oxygen atoms in total. The number of hydrogen-bond acceptors (Lipinski definition) is 2. The number of rotatable bonds is 3. The van der Waals surface area contributed by atoms with E-state index in [1.807, 2.05) is 24.3 Å². The molecule has 0 heterocycles. The van der Waals surface area contributed by atoms with Crippen LogP contribution < -0.4 is 5.73 Å². The highest BCUT2D eigenvalue weighted by atomic mass is 35.5. The van der Waals surface area contributed by atoms with Crippen molar-refractivity contribution < 1.29 is 5.11 Å². The van der Waals surface area contributed by atoms with Gasteiger partial charge in [0.25, 0.3) is 0 Å². The van der Waals surface area contributed by atoms with Crippen molar-refractivity contribution in [3.05, 3.63) is 34.9 Å². The van der Waals surface area contributed by atoms with Gasteiger partial charge in [-0.15, -0.1) is 0 Å². The summed E-state index contributed by atoms with van der Waals surface area (Å²) in [5.41, 5.74) is 6.56. The van der Waals surface area contributed by atoms with Gasteiger partial charge in [0.05, 0.1) is 6.10 Å². The van der Waals surface area contributed by atoms with Gasteiger partial charge in [-0.25, -0.2) is 0 Å². The molecule has 1 saturated carbocycles. The van der Waals surface area contributed by atoms with Gasteiger partial charge < -0.3 is 10.8 Å². The van der Waals surface area contributed by atoms with Crippen molar-refractivity contribution in [2.24, 2.45) is 17.1 Å². The largest absolute Gasteiger partial charge is 0.388 e. The molecule has 0 amide bonds. The summed E-state index contributed by atoms with van der Waals surface area (Å²) in [5.74, 6) is 0.664. The van der Waals surface area contributed by atoms with Crippen LogP contribution in [0.5, 0.6) is 0 Å². The average Bonchev–Trinajstić information content (AvgIpc) is 2.23. The molecule has 1 fully saturated rings. The van der Waals surface area contributed by atoms with Crippen LogP contribution in [0.3, 0.4) is 0 Å². The van der Waals surface area contributed by atoms with Crippen LogP contribution in [0.4, 0.5) is 0 Å². The van der Waals surface area contributed by atoms with E-state index in [1.54, 1.807) is 0 Å². The summed E-state index contributed by atoms with van der Waals surface area (Å²) in [6.07, 6.45) is 1.50. The van der Waals surface area contributed by atoms with Crippen LogP contribution in [-0.2, 0) is 0 Å². The van der Waals surface area contributed by atoms with E-state index >= 15 is 0 Å². The Morgan fingerprint density at radius 1 is 1.56 bits per heavy atom. The molecule has 1 aromatic carbocycles. The van der Waals surface area contributed by atoms with E-state index in [0.29, 0.717) is 17.5 Å². The lowest BCUT2D eigenvalue weighted by molar-refractivity contribution is -0.0602. The summed E-state index contributed by atoms with van der Waals surface area (Å²) in [6, 6.07) is 7.42. The Bertz CT molecular complexity index is 374. The van der Waals surface area contributed by atoms with Gasteiger partial charge in [0.15, 0.2) is 0 Å². The molecule has 0 aromatic heterocycles. The Morgan fingerprint density at radius 2 is 2.25 bits per heavy atom. The summed E-state index contributed by atoms with van der Waals surface area (Å²) in [6.45, 7) is 2.73. The lowest BCUT2D eigenvalue weighted by Gasteiger charge is -2.49. The molecule has 3 heteroatoms. The highest BCUT2D eigenvalue weighted by Gasteiger charge is 2.46. The molecule has 0 spiro atoms. The molecule has 88 valence electrons. The fourth-order valence-electron chi connectivity index (χ4n) is 2.86. The van der Waals surface area contributed by atoms with Crippen LogP contribution in [0.2, 0.25) is 5.02 Å². The molecule has 2 rings (SSSR count). The Labute approximate surface area is 101 Å². The molecule has 1 atom stereocenters. The predicted molar refractivity (Wildman–Crippen MR) is 66.3 cm³/mol. The maximum atomic E-state index is 10.4. The fourth-order valence-corrected chi connectivity index (χ4v) is 3.06. The first kappa shape index (κ1) is 11.9. The molecule has 0 aliphatic heterocycles. The number of aliphatic hydroxyl groups is 1. The van der Waals surface area contributed by atoms with Crippen molar-refractivity contribution in [1.29, 1.82) is 0 Å². The molecule has 16 heavy (non-hydrogen) atoms. The molecule has 1 aliphatic rings. The number of aliphatic hydroxyl groups excluding tert-OH is 1. The molecule has 1 aliphatic carbocycles. The van der Waals surface area contributed by atoms with Gasteiger partial charge in [-0.2, -0.15) is 0 Å². The second kappa shape index (κ2) is 4.36. The van der Waals surface area contributed by atoms with E-state index in [2.05, 4.69) is 6.92 Å². The number of hydrogen-bond donors (Lipinski definition) is 2. The minimum atomic E-state index is -0.493. The van der Waals surface area contributed by atoms with E-state index in [9.17, 15) is 5.11 Å². The zero-order valence-electron chi connectivity index (χ0n) is 9.49. The molecule has 0 saturated heterocycles. The standard InChI is InChI=1S/C13H18ClNO/c1-9-6-13(7-9,8-15)12(16)10-3-2-4-11(14)5-10/h2-5,9,12,16H,6-8,15H2,1H3. The van der Waals surface area contributed by atoms with Crippen LogP contribution >= 0.6 is 11.6 Å². The summed E-state index contributed by atoms with van der Waals surface area (Å²) >= 11 is 5.93. The van der Waals surface area contributed by atoms with E-state index in [1.165, 1.54) is 0 Å². The van der Waals surface area contributed by atoms with Crippen LogP contribution in [0.1, 0.15) is 31.4 Å². The van der Waals surface area contributed by atoms with Gasteiger partial charge in [0, 0.05) is 17.0 Å². The van der Waals surface area contributed by atoms with Gasteiger partial charge in [0.1, 0.15) is 0 Å². The van der Waals surface area contributed by atoms with Gasteiger partial charge in [-0.3, -0.25) is 0 Å². The zero-order chi connectivity index (χ0) is 11.8. The minimum Gasteiger partial charge on any atom is -0.388 e. The summed E-state index contributed by atoms with van der Waals surface area (Å²) in [7, 11) is 0. The van der Waals surface area contributed by atoms with Gasteiger partial charge in [0.2, 0.25) is 0 Å². The minimum absolute atomic E-state index is 0.135.